The average molecular weight is 243 g/mol. The second kappa shape index (κ2) is 4.13. The fraction of sp³-hybridized carbons (Fsp3) is 0.300. The van der Waals surface area contributed by atoms with E-state index >= 15 is 0 Å². The summed E-state index contributed by atoms with van der Waals surface area (Å²) in [6.45, 7) is 5.12. The number of aryl methyl sites for hydroxylation is 3. The van der Waals surface area contributed by atoms with Gasteiger partial charge in [0.1, 0.15) is 0 Å². The monoisotopic (exact) mass is 243 g/mol. The third-order valence-electron chi connectivity index (χ3n) is 2.10. The van der Waals surface area contributed by atoms with Crippen molar-refractivity contribution in [2.45, 2.75) is 25.7 Å². The lowest BCUT2D eigenvalue weighted by Gasteiger charge is -2.11. The first-order valence-electron chi connectivity index (χ1n) is 4.57. The largest absolute Gasteiger partial charge is 0.464 e. The molecule has 0 spiro atoms. The van der Waals surface area contributed by atoms with Crippen LogP contribution in [-0.4, -0.2) is 19.6 Å². The molecule has 0 aromatic heterocycles. The van der Waals surface area contributed by atoms with Gasteiger partial charge in [-0.2, -0.15) is 0 Å². The molecule has 1 aromatic carbocycles. The summed E-state index contributed by atoms with van der Waals surface area (Å²) in [7, 11) is -3.99. The molecule has 0 fully saturated rings. The zero-order valence-electron chi connectivity index (χ0n) is 9.23. The van der Waals surface area contributed by atoms with Crippen LogP contribution in [0.1, 0.15) is 16.7 Å². The molecule has 2 N–H and O–H groups in total. The third kappa shape index (κ3) is 2.52. The van der Waals surface area contributed by atoms with Crippen molar-refractivity contribution in [2.24, 2.45) is 0 Å². The summed E-state index contributed by atoms with van der Waals surface area (Å²) in [6.07, 6.45) is -1.58. The van der Waals surface area contributed by atoms with Gasteiger partial charge in [-0.05, 0) is 31.9 Å². The summed E-state index contributed by atoms with van der Waals surface area (Å²) in [6, 6.07) is 3.40. The second-order valence-corrected chi connectivity index (χ2v) is 5.26. The first-order valence-corrected chi connectivity index (χ1v) is 6.06. The van der Waals surface area contributed by atoms with E-state index in [-0.39, 0.29) is 4.90 Å². The molecular formula is C10H13NO4S. The van der Waals surface area contributed by atoms with Crippen molar-refractivity contribution in [3.63, 3.8) is 0 Å². The molecule has 0 aliphatic rings. The molecule has 5 nitrogen and oxygen atoms in total. The van der Waals surface area contributed by atoms with Crippen LogP contribution in [0, 0.1) is 20.8 Å². The van der Waals surface area contributed by atoms with Crippen molar-refractivity contribution >= 4 is 16.1 Å². The third-order valence-corrected chi connectivity index (χ3v) is 3.72. The Balaban J connectivity index is 3.39. The van der Waals surface area contributed by atoms with Gasteiger partial charge in [0.05, 0.1) is 4.90 Å². The van der Waals surface area contributed by atoms with Gasteiger partial charge in [0.25, 0.3) is 10.0 Å². The van der Waals surface area contributed by atoms with Crippen LogP contribution < -0.4 is 4.72 Å². The van der Waals surface area contributed by atoms with Gasteiger partial charge in [0, 0.05) is 0 Å². The number of amides is 1. The smallest absolute Gasteiger partial charge is 0.418 e. The maximum atomic E-state index is 11.7. The molecule has 0 unspecified atom stereocenters. The summed E-state index contributed by atoms with van der Waals surface area (Å²) < 4.78 is 24.9. The molecule has 0 heterocycles. The SMILES string of the molecule is Cc1cc(C)c(S(=O)(=O)NC(=O)O)c(C)c1. The fourth-order valence-electron chi connectivity index (χ4n) is 1.76. The summed E-state index contributed by atoms with van der Waals surface area (Å²) in [5.41, 5.74) is 2.00. The Kier molecular flexibility index (Phi) is 3.23. The lowest BCUT2D eigenvalue weighted by Crippen LogP contribution is -2.30. The number of benzene rings is 1. The average Bonchev–Trinajstić information content (AvgIpc) is 1.96. The molecule has 0 atom stereocenters. The van der Waals surface area contributed by atoms with Crippen LogP contribution in [0.25, 0.3) is 0 Å². The van der Waals surface area contributed by atoms with Crippen molar-refractivity contribution in [1.29, 1.82) is 0 Å². The number of sulfonamides is 1. The number of hydrogen-bond donors (Lipinski definition) is 2. The van der Waals surface area contributed by atoms with Gasteiger partial charge in [-0.1, -0.05) is 17.7 Å². The Morgan fingerprint density at radius 2 is 1.62 bits per heavy atom. The van der Waals surface area contributed by atoms with Gasteiger partial charge < -0.3 is 5.11 Å². The molecule has 1 aromatic rings. The van der Waals surface area contributed by atoms with Crippen molar-refractivity contribution < 1.29 is 18.3 Å². The van der Waals surface area contributed by atoms with Gasteiger partial charge in [0.2, 0.25) is 0 Å². The predicted molar refractivity (Wildman–Crippen MR) is 59.0 cm³/mol. The molecule has 6 heteroatoms. The van der Waals surface area contributed by atoms with E-state index in [4.69, 9.17) is 5.11 Å². The van der Waals surface area contributed by atoms with Gasteiger partial charge in [0.15, 0.2) is 0 Å². The molecule has 0 bridgehead atoms. The van der Waals surface area contributed by atoms with Crippen molar-refractivity contribution in [3.8, 4) is 0 Å². The Morgan fingerprint density at radius 3 is 2.00 bits per heavy atom. The Hall–Kier alpha value is -1.56. The first kappa shape index (κ1) is 12.5. The van der Waals surface area contributed by atoms with Gasteiger partial charge in [-0.15, -0.1) is 0 Å². The van der Waals surface area contributed by atoms with E-state index in [0.717, 1.165) is 5.56 Å². The molecule has 0 aliphatic carbocycles. The lowest BCUT2D eigenvalue weighted by atomic mass is 10.1. The highest BCUT2D eigenvalue weighted by atomic mass is 32.2. The van der Waals surface area contributed by atoms with Crippen LogP contribution in [0.4, 0.5) is 4.79 Å². The van der Waals surface area contributed by atoms with Crippen LogP contribution in [0.2, 0.25) is 0 Å². The topological polar surface area (TPSA) is 83.5 Å². The van der Waals surface area contributed by atoms with Crippen molar-refractivity contribution in [3.05, 3.63) is 28.8 Å². The van der Waals surface area contributed by atoms with E-state index in [0.29, 0.717) is 11.1 Å². The van der Waals surface area contributed by atoms with Crippen LogP contribution in [-0.2, 0) is 10.0 Å². The van der Waals surface area contributed by atoms with Gasteiger partial charge in [-0.3, -0.25) is 0 Å². The van der Waals surface area contributed by atoms with E-state index in [1.165, 1.54) is 4.72 Å². The fourth-order valence-corrected chi connectivity index (χ4v) is 3.05. The quantitative estimate of drug-likeness (QED) is 0.825. The van der Waals surface area contributed by atoms with E-state index in [2.05, 4.69) is 0 Å². The lowest BCUT2D eigenvalue weighted by molar-refractivity contribution is 0.201. The minimum atomic E-state index is -3.99. The normalized spacial score (nSPS) is 11.2. The molecule has 0 saturated heterocycles. The molecule has 0 radical (unpaired) electrons. The van der Waals surface area contributed by atoms with E-state index in [1.54, 1.807) is 26.0 Å². The van der Waals surface area contributed by atoms with Crippen LogP contribution in [0.3, 0.4) is 0 Å². The van der Waals surface area contributed by atoms with Crippen molar-refractivity contribution in [1.82, 2.24) is 4.72 Å². The zero-order valence-corrected chi connectivity index (χ0v) is 10.1. The van der Waals surface area contributed by atoms with Gasteiger partial charge >= 0.3 is 6.09 Å². The number of nitrogens with one attached hydrogen (secondary N) is 1. The molecule has 1 amide bonds. The summed E-state index contributed by atoms with van der Waals surface area (Å²) in [5.74, 6) is 0. The summed E-state index contributed by atoms with van der Waals surface area (Å²) in [5, 5.41) is 8.46. The molecule has 0 aliphatic heterocycles. The standard InChI is InChI=1S/C10H13NO4S/c1-6-4-7(2)9(8(3)5-6)16(14,15)11-10(12)13/h4-5,11H,1-3H3,(H,12,13). The molecule has 0 saturated carbocycles. The number of hydrogen-bond acceptors (Lipinski definition) is 3. The molecule has 1 rings (SSSR count). The number of carboxylic acid groups (broad SMARTS) is 1. The molecule has 16 heavy (non-hydrogen) atoms. The summed E-state index contributed by atoms with van der Waals surface area (Å²) >= 11 is 0. The predicted octanol–water partition coefficient (Wildman–Crippen LogP) is 1.57. The number of carbonyl (C=O) groups is 1. The van der Waals surface area contributed by atoms with Gasteiger partial charge in [-0.25, -0.2) is 17.9 Å². The van der Waals surface area contributed by atoms with E-state index < -0.39 is 16.1 Å². The molecular weight excluding hydrogens is 230 g/mol. The Bertz CT molecular complexity index is 511. The highest BCUT2D eigenvalue weighted by molar-refractivity contribution is 7.90. The van der Waals surface area contributed by atoms with Crippen molar-refractivity contribution in [2.75, 3.05) is 0 Å². The highest BCUT2D eigenvalue weighted by Crippen LogP contribution is 2.21. The molecule has 88 valence electrons. The second-order valence-electron chi connectivity index (χ2n) is 3.64. The summed E-state index contributed by atoms with van der Waals surface area (Å²) in [4.78, 5) is 10.4. The maximum absolute atomic E-state index is 11.7. The van der Waals surface area contributed by atoms with E-state index in [9.17, 15) is 13.2 Å². The highest BCUT2D eigenvalue weighted by Gasteiger charge is 2.21. The van der Waals surface area contributed by atoms with Crippen LogP contribution in [0.15, 0.2) is 17.0 Å². The Morgan fingerprint density at radius 1 is 1.19 bits per heavy atom. The Labute approximate surface area is 94.2 Å². The van der Waals surface area contributed by atoms with Crippen LogP contribution >= 0.6 is 0 Å². The zero-order chi connectivity index (χ0) is 12.5. The minimum Gasteiger partial charge on any atom is -0.464 e. The maximum Gasteiger partial charge on any atom is 0.418 e. The first-order chi connectivity index (χ1) is 7.24. The number of rotatable bonds is 2. The minimum absolute atomic E-state index is 0.0282. The van der Waals surface area contributed by atoms with E-state index in [1.807, 2.05) is 6.92 Å². The van der Waals surface area contributed by atoms with Crippen LogP contribution in [0.5, 0.6) is 0 Å².